The summed E-state index contributed by atoms with van der Waals surface area (Å²) in [6.45, 7) is 5.96. The molecule has 0 bridgehead atoms. The van der Waals surface area contributed by atoms with Crippen molar-refractivity contribution in [3.63, 3.8) is 0 Å². The average molecular weight is 398 g/mol. The van der Waals surface area contributed by atoms with Crippen LogP contribution < -0.4 is 15.6 Å². The van der Waals surface area contributed by atoms with E-state index in [2.05, 4.69) is 0 Å². The summed E-state index contributed by atoms with van der Waals surface area (Å²) in [4.78, 5) is 12.1. The topological polar surface area (TPSA) is 95.2 Å². The summed E-state index contributed by atoms with van der Waals surface area (Å²) in [5.74, 6) is 1.04. The van der Waals surface area contributed by atoms with Gasteiger partial charge in [-0.05, 0) is 44.0 Å². The third kappa shape index (κ3) is 4.59. The van der Waals surface area contributed by atoms with Crippen molar-refractivity contribution in [2.24, 2.45) is 0 Å². The van der Waals surface area contributed by atoms with E-state index in [0.29, 0.717) is 30.1 Å². The first-order chi connectivity index (χ1) is 13.8. The van der Waals surface area contributed by atoms with Crippen molar-refractivity contribution in [3.05, 3.63) is 79.6 Å². The third-order valence-electron chi connectivity index (χ3n) is 4.91. The molecule has 2 aromatic rings. The molecule has 1 saturated heterocycles. The van der Waals surface area contributed by atoms with Gasteiger partial charge in [-0.25, -0.2) is 4.79 Å². The predicted molar refractivity (Wildman–Crippen MR) is 110 cm³/mol. The highest BCUT2D eigenvalue weighted by atomic mass is 16.8. The van der Waals surface area contributed by atoms with Gasteiger partial charge in [0, 0.05) is 12.0 Å². The van der Waals surface area contributed by atoms with Gasteiger partial charge < -0.3 is 24.3 Å². The molecule has 0 radical (unpaired) electrons. The lowest BCUT2D eigenvalue weighted by molar-refractivity contribution is 0.0911. The van der Waals surface area contributed by atoms with E-state index < -0.39 is 5.63 Å². The summed E-state index contributed by atoms with van der Waals surface area (Å²) < 4.78 is 16.7. The second kappa shape index (κ2) is 8.65. The standard InChI is InChI=1S/C22H24NO6/c1-13(9-16-5-7-18(8-6-16)23(25)26)10-17-11-19(28-12-17)21-14(2)20(27-4)15(3)22(24)29-21/h5-10,19,25H,11-12H2,1-4H3/q-1/b13-9+,17-10-/t19-/m1/s1. The minimum Gasteiger partial charge on any atom is -0.733 e. The van der Waals surface area contributed by atoms with E-state index >= 15 is 0 Å². The molecular weight excluding hydrogens is 374 g/mol. The van der Waals surface area contributed by atoms with Gasteiger partial charge in [0.05, 0.1) is 25.0 Å². The monoisotopic (exact) mass is 398 g/mol. The van der Waals surface area contributed by atoms with Crippen LogP contribution in [0.15, 0.2) is 50.7 Å². The molecule has 1 atom stereocenters. The quantitative estimate of drug-likeness (QED) is 0.743. The number of anilines is 1. The van der Waals surface area contributed by atoms with Crippen LogP contribution in [0.1, 0.15) is 41.9 Å². The van der Waals surface area contributed by atoms with Crippen molar-refractivity contribution < 1.29 is 19.1 Å². The van der Waals surface area contributed by atoms with Crippen LogP contribution in [-0.4, -0.2) is 18.9 Å². The fraction of sp³-hybridized carbons (Fsp3) is 0.318. The molecule has 154 valence electrons. The number of hydrogen-bond acceptors (Lipinski definition) is 7. The van der Waals surface area contributed by atoms with E-state index in [1.807, 2.05) is 26.0 Å². The maximum absolute atomic E-state index is 12.1. The molecule has 0 unspecified atom stereocenters. The highest BCUT2D eigenvalue weighted by Gasteiger charge is 2.28. The molecule has 3 rings (SSSR count). The Balaban J connectivity index is 1.77. The number of rotatable bonds is 5. The van der Waals surface area contributed by atoms with Gasteiger partial charge in [0.1, 0.15) is 17.6 Å². The van der Waals surface area contributed by atoms with Crippen LogP contribution in [-0.2, 0) is 4.74 Å². The van der Waals surface area contributed by atoms with Gasteiger partial charge in [-0.1, -0.05) is 29.9 Å². The van der Waals surface area contributed by atoms with Crippen LogP contribution in [0.4, 0.5) is 5.69 Å². The molecule has 1 aromatic carbocycles. The maximum atomic E-state index is 12.1. The third-order valence-corrected chi connectivity index (χ3v) is 4.91. The van der Waals surface area contributed by atoms with Crippen LogP contribution in [0.2, 0.25) is 0 Å². The molecular formula is C22H24NO6-. The molecule has 0 spiro atoms. The van der Waals surface area contributed by atoms with E-state index in [-0.39, 0.29) is 17.0 Å². The zero-order valence-electron chi connectivity index (χ0n) is 16.9. The second-order valence-electron chi connectivity index (χ2n) is 7.10. The predicted octanol–water partition coefficient (Wildman–Crippen LogP) is 4.45. The Morgan fingerprint density at radius 3 is 2.59 bits per heavy atom. The average Bonchev–Trinajstić information content (AvgIpc) is 3.13. The largest absolute Gasteiger partial charge is 0.733 e. The summed E-state index contributed by atoms with van der Waals surface area (Å²) in [7, 11) is 1.54. The molecule has 1 aliphatic heterocycles. The van der Waals surface area contributed by atoms with Crippen molar-refractivity contribution in [2.75, 3.05) is 18.9 Å². The van der Waals surface area contributed by atoms with Gasteiger partial charge in [-0.2, -0.15) is 0 Å². The molecule has 1 fully saturated rings. The summed E-state index contributed by atoms with van der Waals surface area (Å²) in [5, 5.41) is 19.6. The minimum absolute atomic E-state index is 0.168. The summed E-state index contributed by atoms with van der Waals surface area (Å²) in [6.07, 6.45) is 4.30. The van der Waals surface area contributed by atoms with E-state index in [1.54, 1.807) is 31.2 Å². The van der Waals surface area contributed by atoms with Crippen molar-refractivity contribution in [1.82, 2.24) is 0 Å². The molecule has 1 N–H and O–H groups in total. The molecule has 29 heavy (non-hydrogen) atoms. The van der Waals surface area contributed by atoms with Crippen molar-refractivity contribution in [2.45, 2.75) is 33.3 Å². The lowest BCUT2D eigenvalue weighted by atomic mass is 10.0. The number of allylic oxidation sites excluding steroid dienone is 2. The molecule has 7 heteroatoms. The van der Waals surface area contributed by atoms with Crippen LogP contribution in [0.3, 0.4) is 0 Å². The molecule has 7 nitrogen and oxygen atoms in total. The summed E-state index contributed by atoms with van der Waals surface area (Å²) >= 11 is 0. The van der Waals surface area contributed by atoms with Gasteiger partial charge in [-0.15, -0.1) is 0 Å². The Morgan fingerprint density at radius 2 is 1.97 bits per heavy atom. The Bertz CT molecular complexity index is 1000. The number of ether oxygens (including phenoxy) is 2. The summed E-state index contributed by atoms with van der Waals surface area (Å²) in [5.41, 5.74) is 4.00. The van der Waals surface area contributed by atoms with Crippen LogP contribution in [0, 0.1) is 19.1 Å². The molecule has 0 aliphatic carbocycles. The van der Waals surface area contributed by atoms with E-state index in [1.165, 1.54) is 7.11 Å². The van der Waals surface area contributed by atoms with E-state index in [4.69, 9.17) is 19.1 Å². The Hall–Kier alpha value is -2.87. The van der Waals surface area contributed by atoms with Crippen molar-refractivity contribution >= 4 is 11.8 Å². The van der Waals surface area contributed by atoms with E-state index in [0.717, 1.165) is 22.3 Å². The SMILES string of the molecule is COc1c(C)c([C@H]2C/C(=C/C(C)=C/c3ccc(N([O-])O)cc3)CO2)oc(=O)c1C. The number of nitrogens with zero attached hydrogens (tertiary/aromatic N) is 1. The number of benzene rings is 1. The number of hydrogen-bond donors (Lipinski definition) is 1. The Morgan fingerprint density at radius 1 is 1.28 bits per heavy atom. The maximum Gasteiger partial charge on any atom is 0.342 e. The normalized spacial score (nSPS) is 18.3. The fourth-order valence-electron chi connectivity index (χ4n) is 3.51. The molecule has 1 aliphatic rings. The van der Waals surface area contributed by atoms with Gasteiger partial charge in [0.25, 0.3) is 0 Å². The first-order valence-electron chi connectivity index (χ1n) is 9.24. The molecule has 1 aromatic heterocycles. The van der Waals surface area contributed by atoms with E-state index in [9.17, 15) is 10.0 Å². The first-order valence-corrected chi connectivity index (χ1v) is 9.24. The van der Waals surface area contributed by atoms with Crippen LogP contribution >= 0.6 is 0 Å². The second-order valence-corrected chi connectivity index (χ2v) is 7.10. The highest BCUT2D eigenvalue weighted by molar-refractivity contribution is 5.59. The van der Waals surface area contributed by atoms with Crippen LogP contribution in [0.25, 0.3) is 6.08 Å². The lowest BCUT2D eigenvalue weighted by Crippen LogP contribution is -2.12. The fourth-order valence-corrected chi connectivity index (χ4v) is 3.51. The van der Waals surface area contributed by atoms with Gasteiger partial charge in [0.15, 0.2) is 0 Å². The van der Waals surface area contributed by atoms with Gasteiger partial charge in [-0.3, -0.25) is 5.21 Å². The minimum atomic E-state index is -0.414. The van der Waals surface area contributed by atoms with Gasteiger partial charge in [0.2, 0.25) is 0 Å². The first kappa shape index (κ1) is 20.9. The zero-order chi connectivity index (χ0) is 21.1. The smallest absolute Gasteiger partial charge is 0.342 e. The Labute approximate surface area is 169 Å². The van der Waals surface area contributed by atoms with Crippen molar-refractivity contribution in [3.8, 4) is 5.75 Å². The Kier molecular flexibility index (Phi) is 6.22. The van der Waals surface area contributed by atoms with Gasteiger partial charge >= 0.3 is 5.63 Å². The number of methoxy groups -OCH3 is 1. The molecule has 0 saturated carbocycles. The van der Waals surface area contributed by atoms with Crippen molar-refractivity contribution in [1.29, 1.82) is 0 Å². The zero-order valence-corrected chi connectivity index (χ0v) is 16.9. The summed E-state index contributed by atoms with van der Waals surface area (Å²) in [6, 6.07) is 6.60. The van der Waals surface area contributed by atoms with Crippen LogP contribution in [0.5, 0.6) is 5.75 Å². The lowest BCUT2D eigenvalue weighted by Gasteiger charge is -2.21. The highest BCUT2D eigenvalue weighted by Crippen LogP contribution is 2.37. The molecule has 0 amide bonds. The molecule has 2 heterocycles.